The Morgan fingerprint density at radius 2 is 2.28 bits per heavy atom. The van der Waals surface area contributed by atoms with Gasteiger partial charge < -0.3 is 4.74 Å². The lowest BCUT2D eigenvalue weighted by Crippen LogP contribution is -2.47. The van der Waals surface area contributed by atoms with Gasteiger partial charge >= 0.3 is 0 Å². The van der Waals surface area contributed by atoms with Crippen LogP contribution in [0.4, 0.5) is 0 Å². The largest absolute Gasteiger partial charge is 0.375 e. The van der Waals surface area contributed by atoms with Crippen LogP contribution in [0, 0.1) is 5.92 Å². The van der Waals surface area contributed by atoms with E-state index in [4.69, 9.17) is 16.3 Å². The van der Waals surface area contributed by atoms with Gasteiger partial charge in [-0.2, -0.15) is 0 Å². The molecule has 2 aliphatic rings. The number of ketones is 1. The van der Waals surface area contributed by atoms with Crippen LogP contribution >= 0.6 is 11.6 Å². The number of aromatic nitrogens is 1. The number of nitrogens with zero attached hydrogens (tertiary/aromatic N) is 1. The third kappa shape index (κ3) is 2.17. The van der Waals surface area contributed by atoms with Crippen LogP contribution in [0.25, 0.3) is 0 Å². The van der Waals surface area contributed by atoms with Gasteiger partial charge in [0.1, 0.15) is 5.15 Å². The highest BCUT2D eigenvalue weighted by molar-refractivity contribution is 6.29. The van der Waals surface area contributed by atoms with Gasteiger partial charge in [-0.15, -0.1) is 0 Å². The van der Waals surface area contributed by atoms with E-state index in [1.807, 2.05) is 0 Å². The molecule has 0 radical (unpaired) electrons. The minimum atomic E-state index is 0.0123. The molecule has 1 saturated heterocycles. The van der Waals surface area contributed by atoms with Crippen LogP contribution in [0.2, 0.25) is 5.15 Å². The van der Waals surface area contributed by atoms with Crippen LogP contribution in [-0.4, -0.2) is 23.0 Å². The van der Waals surface area contributed by atoms with Crippen LogP contribution in [0.5, 0.6) is 0 Å². The van der Waals surface area contributed by atoms with Crippen LogP contribution < -0.4 is 0 Å². The molecule has 0 N–H and O–H groups in total. The Hall–Kier alpha value is -0.930. The molecule has 1 aromatic heterocycles. The maximum Gasteiger partial charge on any atom is 0.167 e. The average molecular weight is 266 g/mol. The lowest BCUT2D eigenvalue weighted by molar-refractivity contribution is -0.137. The molecule has 0 aromatic carbocycles. The molecule has 1 aromatic rings. The third-order valence-electron chi connectivity index (χ3n) is 4.14. The van der Waals surface area contributed by atoms with Crippen LogP contribution in [-0.2, 0) is 4.74 Å². The molecule has 1 unspecified atom stereocenters. The van der Waals surface area contributed by atoms with E-state index < -0.39 is 0 Å². The predicted molar refractivity (Wildman–Crippen MR) is 68.8 cm³/mol. The molecule has 4 heteroatoms. The SMILES string of the molecule is O=C(c1ccc(Cl)nc1)C1CCOC2(CCC2)C1. The van der Waals surface area contributed by atoms with Gasteiger partial charge in [0, 0.05) is 24.3 Å². The number of Topliss-reactive ketones (excluding diaryl/α,β-unsaturated/α-hetero) is 1. The normalized spacial score (nSPS) is 25.7. The van der Waals surface area contributed by atoms with Gasteiger partial charge in [0.05, 0.1) is 5.60 Å². The Morgan fingerprint density at radius 1 is 1.44 bits per heavy atom. The Balaban J connectivity index is 1.74. The predicted octanol–water partition coefficient (Wildman–Crippen LogP) is 3.27. The van der Waals surface area contributed by atoms with Gasteiger partial charge in [-0.25, -0.2) is 4.98 Å². The zero-order chi connectivity index (χ0) is 12.6. The van der Waals surface area contributed by atoms with Gasteiger partial charge in [-0.05, 0) is 44.2 Å². The van der Waals surface area contributed by atoms with E-state index in [1.165, 1.54) is 6.42 Å². The fourth-order valence-corrected chi connectivity index (χ4v) is 3.04. The molecule has 18 heavy (non-hydrogen) atoms. The summed E-state index contributed by atoms with van der Waals surface area (Å²) in [5.41, 5.74) is 0.680. The molecule has 1 saturated carbocycles. The first kappa shape index (κ1) is 12.1. The summed E-state index contributed by atoms with van der Waals surface area (Å²) in [6, 6.07) is 3.44. The van der Waals surface area contributed by atoms with E-state index in [0.717, 1.165) is 25.7 Å². The van der Waals surface area contributed by atoms with E-state index in [2.05, 4.69) is 4.98 Å². The number of rotatable bonds is 2. The third-order valence-corrected chi connectivity index (χ3v) is 4.36. The molecule has 1 spiro atoms. The lowest BCUT2D eigenvalue weighted by atomic mass is 9.70. The first-order valence-electron chi connectivity index (χ1n) is 6.48. The van der Waals surface area contributed by atoms with E-state index in [-0.39, 0.29) is 17.3 Å². The van der Waals surface area contributed by atoms with Crippen molar-refractivity contribution in [2.45, 2.75) is 37.7 Å². The minimum absolute atomic E-state index is 0.0123. The molecule has 0 amide bonds. The van der Waals surface area contributed by atoms with E-state index >= 15 is 0 Å². The van der Waals surface area contributed by atoms with Crippen molar-refractivity contribution in [1.82, 2.24) is 4.98 Å². The van der Waals surface area contributed by atoms with Crippen LogP contribution in [0.3, 0.4) is 0 Å². The van der Waals surface area contributed by atoms with Gasteiger partial charge in [0.15, 0.2) is 5.78 Å². The summed E-state index contributed by atoms with van der Waals surface area (Å²) in [5, 5.41) is 0.425. The number of pyridine rings is 1. The summed E-state index contributed by atoms with van der Waals surface area (Å²) < 4.78 is 5.85. The Bertz CT molecular complexity index is 453. The average Bonchev–Trinajstić information content (AvgIpc) is 2.37. The summed E-state index contributed by atoms with van der Waals surface area (Å²) in [6.45, 7) is 0.706. The number of hydrogen-bond donors (Lipinski definition) is 0. The first-order chi connectivity index (χ1) is 8.69. The summed E-state index contributed by atoms with van der Waals surface area (Å²) in [5.74, 6) is 0.274. The van der Waals surface area contributed by atoms with Crippen molar-refractivity contribution < 1.29 is 9.53 Å². The Kier molecular flexibility index (Phi) is 3.12. The van der Waals surface area contributed by atoms with Gasteiger partial charge in [0.25, 0.3) is 0 Å². The molecule has 3 rings (SSSR count). The quantitative estimate of drug-likeness (QED) is 0.609. The van der Waals surface area contributed by atoms with Crippen molar-refractivity contribution in [3.8, 4) is 0 Å². The maximum atomic E-state index is 12.4. The monoisotopic (exact) mass is 265 g/mol. The summed E-state index contributed by atoms with van der Waals surface area (Å²) in [6.07, 6.45) is 6.71. The number of halogens is 1. The topological polar surface area (TPSA) is 39.2 Å². The number of ether oxygens (including phenoxy) is 1. The van der Waals surface area contributed by atoms with E-state index in [0.29, 0.717) is 17.3 Å². The van der Waals surface area contributed by atoms with Crippen molar-refractivity contribution in [2.75, 3.05) is 6.61 Å². The maximum absolute atomic E-state index is 12.4. The van der Waals surface area contributed by atoms with E-state index in [9.17, 15) is 4.79 Å². The molecule has 2 heterocycles. The molecule has 2 fully saturated rings. The summed E-state index contributed by atoms with van der Waals surface area (Å²) >= 11 is 5.74. The van der Waals surface area contributed by atoms with Gasteiger partial charge in [-0.3, -0.25) is 4.79 Å². The second-order valence-corrected chi connectivity index (χ2v) is 5.70. The highest BCUT2D eigenvalue weighted by Gasteiger charge is 2.44. The zero-order valence-corrected chi connectivity index (χ0v) is 10.9. The molecule has 1 atom stereocenters. The first-order valence-corrected chi connectivity index (χ1v) is 6.86. The second-order valence-electron chi connectivity index (χ2n) is 5.31. The zero-order valence-electron chi connectivity index (χ0n) is 10.2. The highest BCUT2D eigenvalue weighted by atomic mass is 35.5. The molecular formula is C14H16ClNO2. The fraction of sp³-hybridized carbons (Fsp3) is 0.571. The lowest BCUT2D eigenvalue weighted by Gasteiger charge is -2.46. The van der Waals surface area contributed by atoms with Crippen molar-refractivity contribution in [3.05, 3.63) is 29.0 Å². The Labute approximate surface area is 112 Å². The summed E-state index contributed by atoms with van der Waals surface area (Å²) in [7, 11) is 0. The smallest absolute Gasteiger partial charge is 0.167 e. The standard InChI is InChI=1S/C14H16ClNO2/c15-12-3-2-11(9-16-12)13(17)10-4-7-18-14(8-10)5-1-6-14/h2-3,9-10H,1,4-8H2. The van der Waals surface area contributed by atoms with Crippen molar-refractivity contribution >= 4 is 17.4 Å². The van der Waals surface area contributed by atoms with Crippen molar-refractivity contribution in [3.63, 3.8) is 0 Å². The number of carbonyl (C=O) groups excluding carboxylic acids is 1. The van der Waals surface area contributed by atoms with Crippen molar-refractivity contribution in [1.29, 1.82) is 0 Å². The van der Waals surface area contributed by atoms with Crippen LogP contribution in [0.1, 0.15) is 42.5 Å². The molecule has 0 bridgehead atoms. The molecule has 96 valence electrons. The molecule has 1 aliphatic heterocycles. The molecule has 1 aliphatic carbocycles. The fourth-order valence-electron chi connectivity index (χ4n) is 2.93. The Morgan fingerprint density at radius 3 is 2.89 bits per heavy atom. The summed E-state index contributed by atoms with van der Waals surface area (Å²) in [4.78, 5) is 16.4. The van der Waals surface area contributed by atoms with Gasteiger partial charge in [0.2, 0.25) is 0 Å². The highest BCUT2D eigenvalue weighted by Crippen LogP contribution is 2.44. The number of carbonyl (C=O) groups is 1. The minimum Gasteiger partial charge on any atom is -0.375 e. The van der Waals surface area contributed by atoms with E-state index in [1.54, 1.807) is 18.3 Å². The molecule has 3 nitrogen and oxygen atoms in total. The second kappa shape index (κ2) is 4.63. The van der Waals surface area contributed by atoms with Crippen LogP contribution in [0.15, 0.2) is 18.3 Å². The van der Waals surface area contributed by atoms with Gasteiger partial charge in [-0.1, -0.05) is 11.6 Å². The number of hydrogen-bond acceptors (Lipinski definition) is 3. The van der Waals surface area contributed by atoms with Crippen molar-refractivity contribution in [2.24, 2.45) is 5.92 Å². The molecular weight excluding hydrogens is 250 g/mol.